The number of carboxylic acids is 2. The van der Waals surface area contributed by atoms with Gasteiger partial charge in [-0.15, -0.1) is 0 Å². The average Bonchev–Trinajstić information content (AvgIpc) is 2.44. The maximum atomic E-state index is 10.3. The first-order chi connectivity index (χ1) is 10.4. The molecule has 0 atom stereocenters. The lowest BCUT2D eigenvalue weighted by atomic mass is 9.85. The first-order valence-corrected chi connectivity index (χ1v) is 8.16. The van der Waals surface area contributed by atoms with E-state index in [-0.39, 0.29) is 25.0 Å². The summed E-state index contributed by atoms with van der Waals surface area (Å²) < 4.78 is 0. The Bertz CT molecular complexity index is 307. The van der Waals surface area contributed by atoms with Crippen LogP contribution < -0.4 is 0 Å². The van der Waals surface area contributed by atoms with Gasteiger partial charge in [-0.3, -0.25) is 9.59 Å². The summed E-state index contributed by atoms with van der Waals surface area (Å²) in [7, 11) is 0. The van der Waals surface area contributed by atoms with Crippen molar-refractivity contribution in [2.75, 3.05) is 0 Å². The zero-order valence-electron chi connectivity index (χ0n) is 13.0. The zero-order valence-corrected chi connectivity index (χ0v) is 13.0. The van der Waals surface area contributed by atoms with Crippen molar-refractivity contribution in [2.24, 2.45) is 11.8 Å². The topological polar surface area (TPSA) is 115 Å². The number of hydrogen-bond acceptors (Lipinski definition) is 4. The van der Waals surface area contributed by atoms with E-state index in [1.807, 2.05) is 0 Å². The Morgan fingerprint density at radius 2 is 0.909 bits per heavy atom. The van der Waals surface area contributed by atoms with Crippen LogP contribution in [-0.2, 0) is 9.59 Å². The lowest BCUT2D eigenvalue weighted by Crippen LogP contribution is -2.20. The summed E-state index contributed by atoms with van der Waals surface area (Å²) in [5.41, 5.74) is 0. The minimum Gasteiger partial charge on any atom is -0.481 e. The minimum absolute atomic E-state index is 0.181. The standard InChI is InChI=1S/2C8H14O3/c2*9-7-3-1-6(2-4-7)5-8(10)11/h2*6-7,9H,1-5H2,(H,10,11). The van der Waals surface area contributed by atoms with E-state index in [0.29, 0.717) is 11.8 Å². The summed E-state index contributed by atoms with van der Waals surface area (Å²) in [6.07, 6.45) is 6.76. The van der Waals surface area contributed by atoms with Crippen molar-refractivity contribution >= 4 is 11.9 Å². The third-order valence-electron chi connectivity index (χ3n) is 4.56. The fourth-order valence-electron chi connectivity index (χ4n) is 3.19. The van der Waals surface area contributed by atoms with Crippen LogP contribution in [-0.4, -0.2) is 44.6 Å². The largest absolute Gasteiger partial charge is 0.481 e. The van der Waals surface area contributed by atoms with Crippen LogP contribution in [0.5, 0.6) is 0 Å². The quantitative estimate of drug-likeness (QED) is 0.631. The molecule has 2 fully saturated rings. The van der Waals surface area contributed by atoms with E-state index in [0.717, 1.165) is 51.4 Å². The van der Waals surface area contributed by atoms with E-state index in [1.165, 1.54) is 0 Å². The van der Waals surface area contributed by atoms with Crippen LogP contribution in [0, 0.1) is 11.8 Å². The smallest absolute Gasteiger partial charge is 0.303 e. The van der Waals surface area contributed by atoms with Crippen LogP contribution in [0.1, 0.15) is 64.2 Å². The Kier molecular flexibility index (Phi) is 8.42. The summed E-state index contributed by atoms with van der Waals surface area (Å²) in [6, 6.07) is 0. The Balaban J connectivity index is 0.000000220. The van der Waals surface area contributed by atoms with Crippen LogP contribution in [0.4, 0.5) is 0 Å². The lowest BCUT2D eigenvalue weighted by Gasteiger charge is -2.23. The fourth-order valence-corrected chi connectivity index (χ4v) is 3.19. The number of carbonyl (C=O) groups is 2. The predicted octanol–water partition coefficient (Wildman–Crippen LogP) is 2.02. The molecule has 2 aliphatic carbocycles. The molecule has 2 saturated carbocycles. The van der Waals surface area contributed by atoms with E-state index < -0.39 is 11.9 Å². The van der Waals surface area contributed by atoms with Gasteiger partial charge in [0.15, 0.2) is 0 Å². The molecule has 0 aliphatic heterocycles. The molecule has 0 aromatic carbocycles. The van der Waals surface area contributed by atoms with Crippen molar-refractivity contribution in [3.8, 4) is 0 Å². The molecule has 0 bridgehead atoms. The van der Waals surface area contributed by atoms with Crippen molar-refractivity contribution in [3.05, 3.63) is 0 Å². The molecule has 6 nitrogen and oxygen atoms in total. The lowest BCUT2D eigenvalue weighted by molar-refractivity contribution is -0.139. The van der Waals surface area contributed by atoms with Crippen molar-refractivity contribution in [1.29, 1.82) is 0 Å². The second kappa shape index (κ2) is 9.79. The Morgan fingerprint density at radius 3 is 1.14 bits per heavy atom. The molecule has 128 valence electrons. The van der Waals surface area contributed by atoms with Crippen molar-refractivity contribution in [1.82, 2.24) is 0 Å². The van der Waals surface area contributed by atoms with Gasteiger partial charge in [-0.2, -0.15) is 0 Å². The van der Waals surface area contributed by atoms with Gasteiger partial charge in [-0.1, -0.05) is 0 Å². The second-order valence-electron chi connectivity index (χ2n) is 6.54. The van der Waals surface area contributed by atoms with Crippen molar-refractivity contribution < 1.29 is 30.0 Å². The van der Waals surface area contributed by atoms with Gasteiger partial charge in [0.1, 0.15) is 0 Å². The molecule has 2 aliphatic rings. The average molecular weight is 316 g/mol. The number of aliphatic hydroxyl groups is 2. The van der Waals surface area contributed by atoms with Gasteiger partial charge in [0.2, 0.25) is 0 Å². The molecule has 0 radical (unpaired) electrons. The van der Waals surface area contributed by atoms with Gasteiger partial charge >= 0.3 is 11.9 Å². The molecule has 0 spiro atoms. The molecule has 4 N–H and O–H groups in total. The van der Waals surface area contributed by atoms with Crippen molar-refractivity contribution in [2.45, 2.75) is 76.4 Å². The maximum absolute atomic E-state index is 10.3. The highest BCUT2D eigenvalue weighted by atomic mass is 16.4. The molecule has 0 aromatic rings. The first-order valence-electron chi connectivity index (χ1n) is 8.16. The molecule has 0 aromatic heterocycles. The Hall–Kier alpha value is -1.14. The number of hydrogen-bond donors (Lipinski definition) is 4. The Labute approximate surface area is 131 Å². The summed E-state index contributed by atoms with van der Waals surface area (Å²) in [5.74, 6) is -0.829. The van der Waals surface area contributed by atoms with Gasteiger partial charge in [0.25, 0.3) is 0 Å². The number of rotatable bonds is 4. The van der Waals surface area contributed by atoms with Gasteiger partial charge < -0.3 is 20.4 Å². The highest BCUT2D eigenvalue weighted by molar-refractivity contribution is 5.67. The predicted molar refractivity (Wildman–Crippen MR) is 80.4 cm³/mol. The summed E-state index contributed by atoms with van der Waals surface area (Å²) in [4.78, 5) is 20.6. The van der Waals surface area contributed by atoms with E-state index >= 15 is 0 Å². The third-order valence-corrected chi connectivity index (χ3v) is 4.56. The van der Waals surface area contributed by atoms with Gasteiger partial charge in [-0.05, 0) is 63.2 Å². The van der Waals surface area contributed by atoms with Gasteiger partial charge in [0.05, 0.1) is 12.2 Å². The molecular weight excluding hydrogens is 288 g/mol. The monoisotopic (exact) mass is 316 g/mol. The van der Waals surface area contributed by atoms with E-state index in [4.69, 9.17) is 20.4 Å². The Morgan fingerprint density at radius 1 is 0.636 bits per heavy atom. The van der Waals surface area contributed by atoms with Crippen LogP contribution in [0.2, 0.25) is 0 Å². The van der Waals surface area contributed by atoms with E-state index in [1.54, 1.807) is 0 Å². The molecule has 22 heavy (non-hydrogen) atoms. The third kappa shape index (κ3) is 8.34. The van der Waals surface area contributed by atoms with Crippen LogP contribution in [0.25, 0.3) is 0 Å². The highest BCUT2D eigenvalue weighted by Crippen LogP contribution is 2.27. The highest BCUT2D eigenvalue weighted by Gasteiger charge is 2.21. The van der Waals surface area contributed by atoms with Gasteiger partial charge in [-0.25, -0.2) is 0 Å². The molecule has 0 amide bonds. The summed E-state index contributed by atoms with van der Waals surface area (Å²) in [6.45, 7) is 0. The molecule has 0 heterocycles. The van der Waals surface area contributed by atoms with Crippen LogP contribution >= 0.6 is 0 Å². The molecule has 2 rings (SSSR count). The van der Waals surface area contributed by atoms with Crippen molar-refractivity contribution in [3.63, 3.8) is 0 Å². The summed E-state index contributed by atoms with van der Waals surface area (Å²) in [5, 5.41) is 35.2. The van der Waals surface area contributed by atoms with Crippen LogP contribution in [0.3, 0.4) is 0 Å². The molecular formula is C16H28O6. The summed E-state index contributed by atoms with van der Waals surface area (Å²) >= 11 is 0. The van der Waals surface area contributed by atoms with E-state index in [2.05, 4.69) is 0 Å². The normalized spacial score (nSPS) is 31.7. The zero-order chi connectivity index (χ0) is 16.5. The van der Waals surface area contributed by atoms with E-state index in [9.17, 15) is 9.59 Å². The maximum Gasteiger partial charge on any atom is 0.303 e. The number of carboxylic acid groups (broad SMARTS) is 2. The fraction of sp³-hybridized carbons (Fsp3) is 0.875. The minimum atomic E-state index is -0.716. The molecule has 0 unspecified atom stereocenters. The second-order valence-corrected chi connectivity index (χ2v) is 6.54. The van der Waals surface area contributed by atoms with Crippen LogP contribution in [0.15, 0.2) is 0 Å². The van der Waals surface area contributed by atoms with Gasteiger partial charge in [0, 0.05) is 12.8 Å². The molecule has 6 heteroatoms. The SMILES string of the molecule is O=C(O)CC1CCC(O)CC1.O=C(O)CC1CCC(O)CC1. The number of aliphatic hydroxyl groups excluding tert-OH is 2. The molecule has 0 saturated heterocycles. The first kappa shape index (κ1) is 18.9. The number of aliphatic carboxylic acids is 2.